The minimum absolute atomic E-state index is 0. The Morgan fingerprint density at radius 1 is 1.00 bits per heavy atom. The molecule has 2 aromatic rings. The van der Waals surface area contributed by atoms with E-state index in [2.05, 4.69) is 42.4 Å². The maximum Gasteiger partial charge on any atom is 0.193 e. The van der Waals surface area contributed by atoms with Crippen molar-refractivity contribution in [3.05, 3.63) is 53.1 Å². The van der Waals surface area contributed by atoms with Crippen LogP contribution in [0.3, 0.4) is 0 Å². The number of halogens is 1. The van der Waals surface area contributed by atoms with Crippen molar-refractivity contribution in [1.29, 1.82) is 0 Å². The zero-order chi connectivity index (χ0) is 18.2. The Hall–Kier alpha value is -1.96. The van der Waals surface area contributed by atoms with E-state index < -0.39 is 0 Å². The lowest BCUT2D eigenvalue weighted by Crippen LogP contribution is -2.23. The van der Waals surface area contributed by atoms with Crippen molar-refractivity contribution < 1.29 is 9.47 Å². The van der Waals surface area contributed by atoms with Gasteiger partial charge in [-0.3, -0.25) is 4.99 Å². The zero-order valence-electron chi connectivity index (χ0n) is 15.8. The second kappa shape index (κ2) is 10.9. The van der Waals surface area contributed by atoms with Crippen LogP contribution in [0.15, 0.2) is 41.4 Å². The highest BCUT2D eigenvalue weighted by molar-refractivity contribution is 14.0. The summed E-state index contributed by atoms with van der Waals surface area (Å²) in [5, 5.41) is 3.15. The Morgan fingerprint density at radius 2 is 1.65 bits per heavy atom. The lowest BCUT2D eigenvalue weighted by atomic mass is 10.1. The fourth-order valence-electron chi connectivity index (χ4n) is 2.75. The summed E-state index contributed by atoms with van der Waals surface area (Å²) in [6.45, 7) is 4.79. The number of hydrogen-bond acceptors (Lipinski definition) is 3. The summed E-state index contributed by atoms with van der Waals surface area (Å²) in [6, 6.07) is 12.2. The molecule has 5 nitrogen and oxygen atoms in total. The molecule has 6 heteroatoms. The average molecular weight is 469 g/mol. The molecule has 2 aromatic carbocycles. The molecule has 0 spiro atoms. The molecule has 0 saturated carbocycles. The van der Waals surface area contributed by atoms with E-state index in [0.29, 0.717) is 12.5 Å². The normalized spacial score (nSPS) is 10.8. The third-order valence-electron chi connectivity index (χ3n) is 3.85. The van der Waals surface area contributed by atoms with E-state index in [9.17, 15) is 0 Å². The highest BCUT2D eigenvalue weighted by atomic mass is 127. The van der Waals surface area contributed by atoms with Crippen LogP contribution < -0.4 is 20.5 Å². The Labute approximate surface area is 173 Å². The number of guanidine groups is 1. The largest absolute Gasteiger partial charge is 0.493 e. The molecule has 3 N–H and O–H groups in total. The van der Waals surface area contributed by atoms with Crippen LogP contribution in [-0.4, -0.2) is 26.7 Å². The smallest absolute Gasteiger partial charge is 0.193 e. The summed E-state index contributed by atoms with van der Waals surface area (Å²) in [6.07, 6.45) is 1.81. The van der Waals surface area contributed by atoms with Crippen molar-refractivity contribution >= 4 is 35.6 Å². The average Bonchev–Trinajstić information content (AvgIpc) is 2.57. The van der Waals surface area contributed by atoms with Crippen molar-refractivity contribution in [3.8, 4) is 11.5 Å². The van der Waals surface area contributed by atoms with E-state index in [1.54, 1.807) is 14.2 Å². The van der Waals surface area contributed by atoms with Gasteiger partial charge < -0.3 is 20.5 Å². The molecule has 0 bridgehead atoms. The minimum Gasteiger partial charge on any atom is -0.493 e. The third-order valence-corrected chi connectivity index (χ3v) is 3.85. The number of methoxy groups -OCH3 is 2. The number of hydrogen-bond donors (Lipinski definition) is 2. The van der Waals surface area contributed by atoms with Gasteiger partial charge in [0.2, 0.25) is 0 Å². The maximum atomic E-state index is 5.97. The molecule has 0 aliphatic heterocycles. The van der Waals surface area contributed by atoms with Gasteiger partial charge in [0.15, 0.2) is 17.5 Å². The molecule has 0 aromatic heterocycles. The molecular weight excluding hydrogens is 441 g/mol. The van der Waals surface area contributed by atoms with Gasteiger partial charge in [0.1, 0.15) is 0 Å². The summed E-state index contributed by atoms with van der Waals surface area (Å²) in [5.41, 5.74) is 10.5. The first-order valence-electron chi connectivity index (χ1n) is 8.38. The van der Waals surface area contributed by atoms with Crippen molar-refractivity contribution in [2.24, 2.45) is 10.7 Å². The van der Waals surface area contributed by atoms with Gasteiger partial charge in [-0.25, -0.2) is 0 Å². The number of ether oxygens (including phenoxy) is 2. The maximum absolute atomic E-state index is 5.97. The van der Waals surface area contributed by atoms with E-state index in [4.69, 9.17) is 15.2 Å². The number of aryl methyl sites for hydroxylation is 3. The molecule has 142 valence electrons. The molecule has 0 fully saturated rings. The standard InChI is InChI=1S/C20H27N3O2.HI/c1-14-10-15(2)12-17(11-14)23-20(21)22-9-5-6-16-7-8-18(24-3)19(13-16)25-4;/h7-8,10-13H,5-6,9H2,1-4H3,(H3,21,22,23);1H. The van der Waals surface area contributed by atoms with Crippen molar-refractivity contribution in [2.75, 3.05) is 26.1 Å². The first-order valence-corrected chi connectivity index (χ1v) is 8.38. The number of nitrogens with two attached hydrogens (primary N) is 1. The fourth-order valence-corrected chi connectivity index (χ4v) is 2.75. The molecule has 0 unspecified atom stereocenters. The highest BCUT2D eigenvalue weighted by Crippen LogP contribution is 2.27. The lowest BCUT2D eigenvalue weighted by Gasteiger charge is -2.09. The molecule has 0 saturated heterocycles. The van der Waals surface area contributed by atoms with Gasteiger partial charge in [-0.15, -0.1) is 24.0 Å². The van der Waals surface area contributed by atoms with Gasteiger partial charge in [-0.05, 0) is 67.6 Å². The number of rotatable bonds is 7. The number of nitrogens with one attached hydrogen (secondary N) is 1. The Balaban J connectivity index is 0.00000338. The summed E-state index contributed by atoms with van der Waals surface area (Å²) in [4.78, 5) is 4.40. The summed E-state index contributed by atoms with van der Waals surface area (Å²) in [7, 11) is 3.28. The van der Waals surface area contributed by atoms with E-state index in [1.165, 1.54) is 16.7 Å². The van der Waals surface area contributed by atoms with Crippen LogP contribution >= 0.6 is 24.0 Å². The van der Waals surface area contributed by atoms with Crippen LogP contribution in [0.2, 0.25) is 0 Å². The number of nitrogens with zero attached hydrogens (tertiary/aromatic N) is 1. The van der Waals surface area contributed by atoms with Crippen LogP contribution in [0.4, 0.5) is 5.69 Å². The van der Waals surface area contributed by atoms with Crippen molar-refractivity contribution in [1.82, 2.24) is 0 Å². The van der Waals surface area contributed by atoms with Crippen LogP contribution in [0.1, 0.15) is 23.1 Å². The minimum atomic E-state index is 0. The lowest BCUT2D eigenvalue weighted by molar-refractivity contribution is 0.354. The molecule has 0 aliphatic carbocycles. The van der Waals surface area contributed by atoms with Gasteiger partial charge in [0.25, 0.3) is 0 Å². The van der Waals surface area contributed by atoms with Gasteiger partial charge in [-0.1, -0.05) is 12.1 Å². The molecule has 26 heavy (non-hydrogen) atoms. The van der Waals surface area contributed by atoms with Crippen molar-refractivity contribution in [3.63, 3.8) is 0 Å². The molecule has 0 atom stereocenters. The summed E-state index contributed by atoms with van der Waals surface area (Å²) >= 11 is 0. The monoisotopic (exact) mass is 469 g/mol. The second-order valence-corrected chi connectivity index (χ2v) is 6.06. The molecule has 0 radical (unpaired) electrons. The topological polar surface area (TPSA) is 68.9 Å². The first kappa shape index (κ1) is 22.1. The van der Waals surface area contributed by atoms with E-state index >= 15 is 0 Å². The molecule has 0 amide bonds. The Bertz CT molecular complexity index is 728. The van der Waals surface area contributed by atoms with Crippen molar-refractivity contribution in [2.45, 2.75) is 26.7 Å². The van der Waals surface area contributed by atoms with Gasteiger partial charge in [-0.2, -0.15) is 0 Å². The zero-order valence-corrected chi connectivity index (χ0v) is 18.2. The molecular formula is C20H28IN3O2. The number of aliphatic imine (C=N–C) groups is 1. The molecule has 0 heterocycles. The second-order valence-electron chi connectivity index (χ2n) is 6.06. The molecule has 0 aliphatic rings. The van der Waals surface area contributed by atoms with Gasteiger partial charge in [0, 0.05) is 12.2 Å². The van der Waals surface area contributed by atoms with Crippen LogP contribution in [0.25, 0.3) is 0 Å². The predicted molar refractivity (Wildman–Crippen MR) is 119 cm³/mol. The van der Waals surface area contributed by atoms with E-state index in [0.717, 1.165) is 30.0 Å². The Morgan fingerprint density at radius 3 is 2.27 bits per heavy atom. The van der Waals surface area contributed by atoms with E-state index in [-0.39, 0.29) is 24.0 Å². The third kappa shape index (κ3) is 6.74. The Kier molecular flexibility index (Phi) is 9.26. The first-order chi connectivity index (χ1) is 12.0. The predicted octanol–water partition coefficient (Wildman–Crippen LogP) is 4.30. The summed E-state index contributed by atoms with van der Waals surface area (Å²) in [5.74, 6) is 1.93. The van der Waals surface area contributed by atoms with Gasteiger partial charge in [0.05, 0.1) is 14.2 Å². The van der Waals surface area contributed by atoms with Crippen LogP contribution in [0.5, 0.6) is 11.5 Å². The molecule has 2 rings (SSSR count). The fraction of sp³-hybridized carbons (Fsp3) is 0.350. The quantitative estimate of drug-likeness (QED) is 0.275. The number of anilines is 1. The SMILES string of the molecule is COc1ccc(CCCN=C(N)Nc2cc(C)cc(C)c2)cc1OC.I. The van der Waals surface area contributed by atoms with Gasteiger partial charge >= 0.3 is 0 Å². The highest BCUT2D eigenvalue weighted by Gasteiger charge is 2.04. The van der Waals surface area contributed by atoms with Crippen LogP contribution in [0, 0.1) is 13.8 Å². The van der Waals surface area contributed by atoms with Crippen LogP contribution in [-0.2, 0) is 6.42 Å². The number of benzene rings is 2. The van der Waals surface area contributed by atoms with E-state index in [1.807, 2.05) is 18.2 Å². The summed E-state index contributed by atoms with van der Waals surface area (Å²) < 4.78 is 10.6.